The van der Waals surface area contributed by atoms with Crippen molar-refractivity contribution >= 4 is 27.7 Å². The van der Waals surface area contributed by atoms with Crippen LogP contribution in [0.2, 0.25) is 0 Å². The molecule has 10 heteroatoms. The molecule has 7 nitrogen and oxygen atoms in total. The van der Waals surface area contributed by atoms with Crippen LogP contribution in [0.1, 0.15) is 0 Å². The molecule has 0 spiro atoms. The van der Waals surface area contributed by atoms with Crippen molar-refractivity contribution in [1.82, 2.24) is 14.6 Å². The van der Waals surface area contributed by atoms with E-state index >= 15 is 4.39 Å². The van der Waals surface area contributed by atoms with E-state index in [1.807, 2.05) is 11.9 Å². The van der Waals surface area contributed by atoms with Gasteiger partial charge in [-0.2, -0.15) is 5.16 Å². The average molecular weight is 430 g/mol. The van der Waals surface area contributed by atoms with E-state index in [1.54, 1.807) is 0 Å². The van der Waals surface area contributed by atoms with Crippen molar-refractivity contribution in [3.05, 3.63) is 68.4 Å². The van der Waals surface area contributed by atoms with Crippen molar-refractivity contribution in [3.63, 3.8) is 0 Å². The number of pyridine rings is 1. The van der Waals surface area contributed by atoms with Crippen LogP contribution in [-0.2, 0) is 0 Å². The lowest BCUT2D eigenvalue weighted by Gasteiger charge is -2.34. The largest absolute Gasteiger partial charge is 0.367 e. The number of piperazine rings is 1. The second-order valence-corrected chi connectivity index (χ2v) is 7.58. The number of hydrogen-bond acceptors (Lipinski definition) is 5. The molecule has 5 rings (SSSR count). The molecule has 160 valence electrons. The Morgan fingerprint density at radius 2 is 1.65 bits per heavy atom. The third-order valence-electron chi connectivity index (χ3n) is 5.66. The molecule has 2 aromatic carbocycles. The second-order valence-electron chi connectivity index (χ2n) is 7.58. The summed E-state index contributed by atoms with van der Waals surface area (Å²) in [5, 5.41) is 1.59. The van der Waals surface area contributed by atoms with E-state index in [9.17, 15) is 18.4 Å². The zero-order valence-electron chi connectivity index (χ0n) is 16.4. The molecular formula is C21H17F3N4O3. The molecule has 1 fully saturated rings. The highest BCUT2D eigenvalue weighted by Gasteiger charge is 2.24. The lowest BCUT2D eigenvalue weighted by molar-refractivity contribution is 0.312. The summed E-state index contributed by atoms with van der Waals surface area (Å²) in [6.45, 7) is 2.58. The molecular weight excluding hydrogens is 413 g/mol. The maximum Gasteiger partial charge on any atom is 0.293 e. The summed E-state index contributed by atoms with van der Waals surface area (Å²) in [5.41, 5.74) is -1.54. The normalized spacial score (nSPS) is 15.3. The van der Waals surface area contributed by atoms with Gasteiger partial charge in [-0.15, -0.1) is 0 Å². The number of aromatic nitrogens is 2. The Morgan fingerprint density at radius 1 is 0.935 bits per heavy atom. The van der Waals surface area contributed by atoms with Crippen LogP contribution in [0.5, 0.6) is 0 Å². The van der Waals surface area contributed by atoms with Gasteiger partial charge < -0.3 is 14.3 Å². The first-order valence-electron chi connectivity index (χ1n) is 9.63. The number of nitrogens with zero attached hydrogens (tertiary/aromatic N) is 3. The van der Waals surface area contributed by atoms with Crippen LogP contribution in [0.3, 0.4) is 0 Å². The zero-order chi connectivity index (χ0) is 21.9. The SMILES string of the molecule is CN1CCN(c2cc3c(cc2F)c(=O)c2c(=O)[nH]oc2n3-c2ccc(F)cc2F)CC1. The first kappa shape index (κ1) is 19.4. The van der Waals surface area contributed by atoms with Crippen molar-refractivity contribution in [2.24, 2.45) is 0 Å². The van der Waals surface area contributed by atoms with Gasteiger partial charge in [0.2, 0.25) is 11.1 Å². The summed E-state index contributed by atoms with van der Waals surface area (Å²) < 4.78 is 49.6. The van der Waals surface area contributed by atoms with Gasteiger partial charge in [0.25, 0.3) is 5.56 Å². The third kappa shape index (κ3) is 3.02. The number of nitrogens with one attached hydrogen (secondary N) is 1. The Hall–Kier alpha value is -3.53. The van der Waals surface area contributed by atoms with Crippen molar-refractivity contribution in [2.45, 2.75) is 0 Å². The van der Waals surface area contributed by atoms with Crippen LogP contribution in [0.4, 0.5) is 18.9 Å². The predicted molar refractivity (Wildman–Crippen MR) is 110 cm³/mol. The third-order valence-corrected chi connectivity index (χ3v) is 5.66. The summed E-state index contributed by atoms with van der Waals surface area (Å²) in [5.74, 6) is -2.34. The van der Waals surface area contributed by atoms with Crippen LogP contribution < -0.4 is 15.9 Å². The zero-order valence-corrected chi connectivity index (χ0v) is 16.4. The van der Waals surface area contributed by atoms with Crippen LogP contribution >= 0.6 is 0 Å². The maximum atomic E-state index is 15.0. The number of H-pyrrole nitrogens is 1. The van der Waals surface area contributed by atoms with E-state index in [0.29, 0.717) is 19.2 Å². The predicted octanol–water partition coefficient (Wildman–Crippen LogP) is 2.59. The van der Waals surface area contributed by atoms with Gasteiger partial charge in [0.15, 0.2) is 5.39 Å². The first-order valence-corrected chi connectivity index (χ1v) is 9.63. The van der Waals surface area contributed by atoms with Crippen LogP contribution in [-0.4, -0.2) is 47.9 Å². The molecule has 4 aromatic rings. The summed E-state index contributed by atoms with van der Waals surface area (Å²) in [4.78, 5) is 29.1. The average Bonchev–Trinajstić information content (AvgIpc) is 3.12. The van der Waals surface area contributed by atoms with Gasteiger partial charge in [-0.3, -0.25) is 14.2 Å². The number of fused-ring (bicyclic) bond motifs is 2. The Labute approximate surface area is 172 Å². The molecule has 0 unspecified atom stereocenters. The van der Waals surface area contributed by atoms with Crippen molar-refractivity contribution in [3.8, 4) is 5.69 Å². The molecule has 3 heterocycles. The van der Waals surface area contributed by atoms with Crippen molar-refractivity contribution in [1.29, 1.82) is 0 Å². The number of hydrogen-bond donors (Lipinski definition) is 1. The summed E-state index contributed by atoms with van der Waals surface area (Å²) >= 11 is 0. The topological polar surface area (TPSA) is 74.5 Å². The minimum atomic E-state index is -0.930. The van der Waals surface area contributed by atoms with Crippen LogP contribution in [0.25, 0.3) is 27.7 Å². The fraction of sp³-hybridized carbons (Fsp3) is 0.238. The second kappa shape index (κ2) is 7.02. The Morgan fingerprint density at radius 3 is 2.35 bits per heavy atom. The highest BCUT2D eigenvalue weighted by Crippen LogP contribution is 2.30. The van der Waals surface area contributed by atoms with Gasteiger partial charge in [0.1, 0.15) is 17.5 Å². The lowest BCUT2D eigenvalue weighted by Crippen LogP contribution is -2.44. The van der Waals surface area contributed by atoms with E-state index in [1.165, 1.54) is 16.7 Å². The Bertz CT molecular complexity index is 1450. The van der Waals surface area contributed by atoms with Crippen LogP contribution in [0, 0.1) is 17.5 Å². The molecule has 1 aliphatic heterocycles. The molecule has 0 radical (unpaired) electrons. The number of likely N-dealkylation sites (N-methyl/N-ethyl adjacent to an activating group) is 1. The van der Waals surface area contributed by atoms with Gasteiger partial charge in [0, 0.05) is 32.2 Å². The Balaban J connectivity index is 1.88. The smallest absolute Gasteiger partial charge is 0.293 e. The standard InChI is InChI=1S/C21H17F3N4O3/c1-26-4-6-27(7-5-26)17-10-16-12(9-14(17)24)19(29)18-20(30)25-31-21(18)28(16)15-3-2-11(22)8-13(15)23/h2-3,8-10H,4-7H2,1H3,(H,25,30). The molecule has 1 N–H and O–H groups in total. The van der Waals surface area contributed by atoms with E-state index in [2.05, 4.69) is 10.1 Å². The molecule has 0 aliphatic carbocycles. The van der Waals surface area contributed by atoms with E-state index in [4.69, 9.17) is 4.52 Å². The Kier molecular flexibility index (Phi) is 4.40. The van der Waals surface area contributed by atoms with Crippen LogP contribution in [0.15, 0.2) is 44.4 Å². The molecule has 31 heavy (non-hydrogen) atoms. The summed E-state index contributed by atoms with van der Waals surface area (Å²) in [6, 6.07) is 5.38. The van der Waals surface area contributed by atoms with Crippen molar-refractivity contribution < 1.29 is 17.7 Å². The quantitative estimate of drug-likeness (QED) is 0.529. The van der Waals surface area contributed by atoms with Gasteiger partial charge >= 0.3 is 0 Å². The molecule has 1 aliphatic rings. The summed E-state index contributed by atoms with van der Waals surface area (Å²) in [6.07, 6.45) is 0. The minimum absolute atomic E-state index is 0.112. The molecule has 1 saturated heterocycles. The number of benzene rings is 2. The van der Waals surface area contributed by atoms with E-state index in [-0.39, 0.29) is 33.4 Å². The fourth-order valence-corrected chi connectivity index (χ4v) is 4.00. The number of aromatic amines is 1. The van der Waals surface area contributed by atoms with Gasteiger partial charge in [-0.25, -0.2) is 13.2 Å². The number of halogens is 3. The maximum absolute atomic E-state index is 15.0. The highest BCUT2D eigenvalue weighted by atomic mass is 19.1. The fourth-order valence-electron chi connectivity index (χ4n) is 4.00. The molecule has 2 aromatic heterocycles. The highest BCUT2D eigenvalue weighted by molar-refractivity contribution is 5.94. The number of rotatable bonds is 2. The van der Waals surface area contributed by atoms with Crippen molar-refractivity contribution in [2.75, 3.05) is 38.1 Å². The van der Waals surface area contributed by atoms with E-state index < -0.39 is 28.4 Å². The van der Waals surface area contributed by atoms with Gasteiger partial charge in [0.05, 0.1) is 22.3 Å². The molecule has 0 bridgehead atoms. The minimum Gasteiger partial charge on any atom is -0.367 e. The molecule has 0 atom stereocenters. The van der Waals surface area contributed by atoms with Gasteiger partial charge in [-0.05, 0) is 31.3 Å². The first-order chi connectivity index (χ1) is 14.8. The monoisotopic (exact) mass is 430 g/mol. The number of anilines is 1. The lowest BCUT2D eigenvalue weighted by atomic mass is 10.1. The molecule has 0 saturated carbocycles. The molecule has 0 amide bonds. The van der Waals surface area contributed by atoms with Gasteiger partial charge in [-0.1, -0.05) is 0 Å². The van der Waals surface area contributed by atoms with E-state index in [0.717, 1.165) is 25.2 Å². The summed E-state index contributed by atoms with van der Waals surface area (Å²) in [7, 11) is 1.97.